The van der Waals surface area contributed by atoms with Crippen LogP contribution in [0.3, 0.4) is 0 Å². The van der Waals surface area contributed by atoms with Crippen LogP contribution < -0.4 is 28.3 Å². The van der Waals surface area contributed by atoms with Crippen LogP contribution in [0.4, 0.5) is 0 Å². The molecule has 0 saturated carbocycles. The van der Waals surface area contributed by atoms with E-state index in [1.54, 1.807) is 0 Å². The van der Waals surface area contributed by atoms with Gasteiger partial charge in [-0.2, -0.15) is 0 Å². The van der Waals surface area contributed by atoms with Crippen LogP contribution in [0.1, 0.15) is 27.2 Å². The van der Waals surface area contributed by atoms with E-state index in [4.69, 9.17) is 4.74 Å². The molecule has 0 bridgehead atoms. The monoisotopic (exact) mass is 439 g/mol. The van der Waals surface area contributed by atoms with E-state index in [1.807, 2.05) is 20.8 Å². The van der Waals surface area contributed by atoms with Gasteiger partial charge < -0.3 is 0 Å². The van der Waals surface area contributed by atoms with Gasteiger partial charge in [0.1, 0.15) is 0 Å². The SMILES string of the molecule is CCC(C)(C)OC(=O)C([I-]C)C12NI1N2. The molecule has 0 aromatic heterocycles. The molecular weight excluding hydrogens is 422 g/mol. The third-order valence-corrected chi connectivity index (χ3v) is 11.1. The Morgan fingerprint density at radius 3 is 2.47 bits per heavy atom. The summed E-state index contributed by atoms with van der Waals surface area (Å²) in [6.45, 7) is 6.00. The number of alkyl halides is 3. The number of halogens is 2. The third kappa shape index (κ3) is 2.27. The van der Waals surface area contributed by atoms with Crippen molar-refractivity contribution < 1.29 is 30.7 Å². The zero-order chi connectivity index (χ0) is 11.3. The van der Waals surface area contributed by atoms with Crippen LogP contribution in [0.5, 0.6) is 0 Å². The van der Waals surface area contributed by atoms with Crippen molar-refractivity contribution in [2.75, 3.05) is 4.93 Å². The summed E-state index contributed by atoms with van der Waals surface area (Å²) >= 11 is -1.10. The van der Waals surface area contributed by atoms with Gasteiger partial charge in [-0.15, -0.1) is 0 Å². The zero-order valence-electron chi connectivity index (χ0n) is 9.36. The fraction of sp³-hybridized carbons (Fsp3) is 0.889. The van der Waals surface area contributed by atoms with Crippen molar-refractivity contribution >= 4 is 26.3 Å². The Hall–Kier alpha value is 0.850. The molecule has 0 aromatic rings. The molecule has 2 fully saturated rings. The van der Waals surface area contributed by atoms with Crippen LogP contribution in [0.2, 0.25) is 0 Å². The van der Waals surface area contributed by atoms with Crippen molar-refractivity contribution in [3.63, 3.8) is 0 Å². The molecule has 2 rings (SSSR count). The summed E-state index contributed by atoms with van der Waals surface area (Å²) in [7, 11) is 0. The Labute approximate surface area is 109 Å². The predicted octanol–water partition coefficient (Wildman–Crippen LogP) is -2.00. The third-order valence-electron chi connectivity index (χ3n) is 2.69. The molecule has 15 heavy (non-hydrogen) atoms. The molecule has 2 saturated heterocycles. The molecule has 0 spiro atoms. The van der Waals surface area contributed by atoms with E-state index in [0.29, 0.717) is 0 Å². The molecule has 1 atom stereocenters. The number of carbonyl (C=O) groups is 1. The van der Waals surface area contributed by atoms with Crippen molar-refractivity contribution in [1.82, 2.24) is 7.06 Å². The summed E-state index contributed by atoms with van der Waals surface area (Å²) in [5.41, 5.74) is -0.312. The van der Waals surface area contributed by atoms with Gasteiger partial charge in [0.25, 0.3) is 0 Å². The Kier molecular flexibility index (Phi) is 3.24. The number of rotatable bonds is 5. The Morgan fingerprint density at radius 2 is 2.13 bits per heavy atom. The van der Waals surface area contributed by atoms with Gasteiger partial charge in [-0.3, -0.25) is 0 Å². The fourth-order valence-corrected chi connectivity index (χ4v) is 11.5. The molecule has 2 aliphatic heterocycles. The second kappa shape index (κ2) is 3.95. The van der Waals surface area contributed by atoms with Crippen molar-refractivity contribution in [2.24, 2.45) is 0 Å². The molecule has 0 aromatic carbocycles. The van der Waals surface area contributed by atoms with Crippen molar-refractivity contribution in [2.45, 2.75) is 40.4 Å². The van der Waals surface area contributed by atoms with Gasteiger partial charge in [0.05, 0.1) is 0 Å². The molecule has 1 unspecified atom stereocenters. The Bertz CT molecular complexity index is 290. The molecule has 2 heterocycles. The van der Waals surface area contributed by atoms with Gasteiger partial charge in [-0.25, -0.2) is 0 Å². The standard InChI is InChI=1S/C9H17I2N2O2/c1-5-8(2,3)15-7(14)6(10-4)9-11(12-9)13-9/h6,12-13H,5H2,1-4H3/q-1. The van der Waals surface area contributed by atoms with E-state index in [2.05, 4.69) is 12.0 Å². The first-order valence-corrected chi connectivity index (χ1v) is 11.6. The molecule has 0 radical (unpaired) electrons. The Morgan fingerprint density at radius 1 is 1.60 bits per heavy atom. The van der Waals surface area contributed by atoms with Crippen LogP contribution in [0.25, 0.3) is 0 Å². The van der Waals surface area contributed by atoms with Crippen LogP contribution in [0, 0.1) is 0 Å². The molecule has 0 amide bonds. The molecule has 2 aliphatic rings. The summed E-state index contributed by atoms with van der Waals surface area (Å²) in [5, 5.41) is 0. The van der Waals surface area contributed by atoms with Crippen LogP contribution >= 0.6 is 20.4 Å². The van der Waals surface area contributed by atoms with E-state index >= 15 is 0 Å². The van der Waals surface area contributed by atoms with E-state index in [-0.39, 0.29) is 40.4 Å². The number of hydrogen-bond donors (Lipinski definition) is 2. The van der Waals surface area contributed by atoms with Crippen LogP contribution in [-0.4, -0.2) is 24.1 Å². The number of ether oxygens (including phenoxy) is 1. The average molecular weight is 439 g/mol. The number of nitrogens with one attached hydrogen (secondary N) is 2. The summed E-state index contributed by atoms with van der Waals surface area (Å²) < 4.78 is 12.6. The van der Waals surface area contributed by atoms with Crippen LogP contribution in [0.15, 0.2) is 0 Å². The number of carbonyl (C=O) groups excluding carboxylic acids is 1. The Balaban J connectivity index is 1.94. The van der Waals surface area contributed by atoms with Crippen molar-refractivity contribution in [1.29, 1.82) is 0 Å². The van der Waals surface area contributed by atoms with Gasteiger partial charge in [0.2, 0.25) is 0 Å². The number of esters is 1. The molecule has 6 heteroatoms. The quantitative estimate of drug-likeness (QED) is 0.130. The molecule has 2 N–H and O–H groups in total. The molecule has 90 valence electrons. The summed E-state index contributed by atoms with van der Waals surface area (Å²) in [5.74, 6) is 0.00875. The predicted molar refractivity (Wildman–Crippen MR) is 63.2 cm³/mol. The van der Waals surface area contributed by atoms with E-state index < -0.39 is 20.4 Å². The minimum absolute atomic E-state index is 0.00875. The van der Waals surface area contributed by atoms with Gasteiger partial charge in [0.15, 0.2) is 0 Å². The van der Waals surface area contributed by atoms with Gasteiger partial charge in [-0.1, -0.05) is 0 Å². The summed E-state index contributed by atoms with van der Waals surface area (Å²) in [6, 6.07) is 0. The second-order valence-electron chi connectivity index (χ2n) is 4.30. The van der Waals surface area contributed by atoms with E-state index in [0.717, 1.165) is 6.42 Å². The number of fused-ring (bicyclic) bond motifs is 1. The van der Waals surface area contributed by atoms with Crippen LogP contribution in [-0.2, 0) is 9.53 Å². The maximum atomic E-state index is 12.0. The number of hydrogen-bond acceptors (Lipinski definition) is 4. The van der Waals surface area contributed by atoms with Gasteiger partial charge in [-0.05, 0) is 0 Å². The summed E-state index contributed by atoms with van der Waals surface area (Å²) in [4.78, 5) is 14.2. The zero-order valence-corrected chi connectivity index (χ0v) is 13.7. The fourth-order valence-electron chi connectivity index (χ4n) is 1.23. The van der Waals surface area contributed by atoms with E-state index in [9.17, 15) is 4.79 Å². The van der Waals surface area contributed by atoms with Gasteiger partial charge in [0, 0.05) is 0 Å². The normalized spacial score (nSPS) is 25.7. The first kappa shape index (κ1) is 12.3. The average Bonchev–Trinajstić information content (AvgIpc) is 2.93. The van der Waals surface area contributed by atoms with Crippen molar-refractivity contribution in [3.8, 4) is 0 Å². The minimum atomic E-state index is -0.997. The topological polar surface area (TPSA) is 70.2 Å². The van der Waals surface area contributed by atoms with Gasteiger partial charge >= 0.3 is 109 Å². The maximum absolute atomic E-state index is 12.0. The van der Waals surface area contributed by atoms with Crippen molar-refractivity contribution in [3.05, 3.63) is 0 Å². The second-order valence-corrected chi connectivity index (χ2v) is 11.2. The first-order valence-electron chi connectivity index (χ1n) is 4.91. The molecule has 4 nitrogen and oxygen atoms in total. The molecule has 0 aliphatic carbocycles. The first-order chi connectivity index (χ1) is 6.95. The molecular formula is C9H17I2N2O2-. The van der Waals surface area contributed by atoms with E-state index in [1.165, 1.54) is 0 Å². The summed E-state index contributed by atoms with van der Waals surface area (Å²) in [6.07, 6.45) is 0.865.